The van der Waals surface area contributed by atoms with Crippen LogP contribution in [0.25, 0.3) is 0 Å². The van der Waals surface area contributed by atoms with Gasteiger partial charge in [0.15, 0.2) is 0 Å². The first-order valence-corrected chi connectivity index (χ1v) is 8.74. The quantitative estimate of drug-likeness (QED) is 0.726. The molecule has 0 aliphatic heterocycles. The monoisotopic (exact) mass is 317 g/mol. The molecule has 0 spiro atoms. The summed E-state index contributed by atoms with van der Waals surface area (Å²) in [4.78, 5) is 0.278. The fourth-order valence-electron chi connectivity index (χ4n) is 2.06. The molecule has 0 heterocycles. The highest BCUT2D eigenvalue weighted by Crippen LogP contribution is 2.32. The van der Waals surface area contributed by atoms with Crippen LogP contribution < -0.4 is 4.74 Å². The standard InChI is InChI=1S/C14H20ClNO3S/c1-3-19-14-7-6-13(8-12(14)9-15)20(17,18)16(2)10-11-4-5-11/h6-8,11H,3-5,9-10H2,1-2H3. The van der Waals surface area contributed by atoms with Gasteiger partial charge in [-0.1, -0.05) is 0 Å². The van der Waals surface area contributed by atoms with E-state index in [1.165, 1.54) is 4.31 Å². The van der Waals surface area contributed by atoms with Crippen LogP contribution >= 0.6 is 11.6 Å². The molecule has 1 aromatic carbocycles. The number of halogens is 1. The third kappa shape index (κ3) is 3.45. The molecule has 0 N–H and O–H groups in total. The van der Waals surface area contributed by atoms with Crippen molar-refractivity contribution in [2.24, 2.45) is 5.92 Å². The van der Waals surface area contributed by atoms with Crippen molar-refractivity contribution in [3.8, 4) is 5.75 Å². The number of nitrogens with zero attached hydrogens (tertiary/aromatic N) is 1. The van der Waals surface area contributed by atoms with Crippen LogP contribution in [-0.2, 0) is 15.9 Å². The van der Waals surface area contributed by atoms with E-state index >= 15 is 0 Å². The molecule has 1 aromatic rings. The van der Waals surface area contributed by atoms with Gasteiger partial charge in [0, 0.05) is 19.2 Å². The first-order valence-electron chi connectivity index (χ1n) is 6.77. The predicted octanol–water partition coefficient (Wildman–Crippen LogP) is 2.85. The van der Waals surface area contributed by atoms with Crippen LogP contribution in [0.5, 0.6) is 5.75 Å². The van der Waals surface area contributed by atoms with Crippen LogP contribution in [0, 0.1) is 5.92 Å². The summed E-state index contributed by atoms with van der Waals surface area (Å²) in [5, 5.41) is 0. The predicted molar refractivity (Wildman–Crippen MR) is 79.7 cm³/mol. The molecule has 2 rings (SSSR count). The topological polar surface area (TPSA) is 46.6 Å². The third-order valence-electron chi connectivity index (χ3n) is 3.40. The van der Waals surface area contributed by atoms with Crippen molar-refractivity contribution >= 4 is 21.6 Å². The second kappa shape index (κ2) is 6.33. The first-order chi connectivity index (χ1) is 9.48. The molecule has 20 heavy (non-hydrogen) atoms. The van der Waals surface area contributed by atoms with Gasteiger partial charge in [0.1, 0.15) is 5.75 Å². The lowest BCUT2D eigenvalue weighted by molar-refractivity contribution is 0.337. The van der Waals surface area contributed by atoms with Gasteiger partial charge in [-0.15, -0.1) is 11.6 Å². The molecule has 0 unspecified atom stereocenters. The minimum Gasteiger partial charge on any atom is -0.494 e. The van der Waals surface area contributed by atoms with Crippen LogP contribution in [0.1, 0.15) is 25.3 Å². The summed E-state index contributed by atoms with van der Waals surface area (Å²) >= 11 is 5.88. The summed E-state index contributed by atoms with van der Waals surface area (Å²) in [6.45, 7) is 3.00. The van der Waals surface area contributed by atoms with Crippen molar-refractivity contribution in [1.29, 1.82) is 0 Å². The molecule has 6 heteroatoms. The molecule has 1 saturated carbocycles. The molecular weight excluding hydrogens is 298 g/mol. The van der Waals surface area contributed by atoms with E-state index in [2.05, 4.69) is 0 Å². The molecule has 0 radical (unpaired) electrons. The molecule has 1 aliphatic carbocycles. The van der Waals surface area contributed by atoms with Gasteiger partial charge in [0.25, 0.3) is 0 Å². The SMILES string of the molecule is CCOc1ccc(S(=O)(=O)N(C)CC2CC2)cc1CCl. The van der Waals surface area contributed by atoms with Crippen molar-refractivity contribution in [2.75, 3.05) is 20.2 Å². The molecule has 0 bridgehead atoms. The molecule has 0 atom stereocenters. The van der Waals surface area contributed by atoms with E-state index < -0.39 is 10.0 Å². The van der Waals surface area contributed by atoms with E-state index in [1.54, 1.807) is 25.2 Å². The Morgan fingerprint density at radius 3 is 2.65 bits per heavy atom. The van der Waals surface area contributed by atoms with Crippen LogP contribution in [0.15, 0.2) is 23.1 Å². The number of hydrogen-bond donors (Lipinski definition) is 0. The molecule has 0 amide bonds. The van der Waals surface area contributed by atoms with Gasteiger partial charge in [-0.05, 0) is 43.9 Å². The van der Waals surface area contributed by atoms with Gasteiger partial charge in [-0.25, -0.2) is 12.7 Å². The van der Waals surface area contributed by atoms with E-state index in [1.807, 2.05) is 6.92 Å². The van der Waals surface area contributed by atoms with Crippen molar-refractivity contribution in [1.82, 2.24) is 4.31 Å². The van der Waals surface area contributed by atoms with Gasteiger partial charge in [-0.2, -0.15) is 0 Å². The van der Waals surface area contributed by atoms with Gasteiger partial charge in [0.2, 0.25) is 10.0 Å². The smallest absolute Gasteiger partial charge is 0.242 e. The Bertz CT molecular complexity index is 570. The molecule has 0 saturated heterocycles. The molecule has 0 aromatic heterocycles. The van der Waals surface area contributed by atoms with Gasteiger partial charge < -0.3 is 4.74 Å². The summed E-state index contributed by atoms with van der Waals surface area (Å²) in [7, 11) is -1.81. The summed E-state index contributed by atoms with van der Waals surface area (Å²) in [6, 6.07) is 4.87. The molecule has 112 valence electrons. The Morgan fingerprint density at radius 2 is 2.10 bits per heavy atom. The Morgan fingerprint density at radius 1 is 1.40 bits per heavy atom. The van der Waals surface area contributed by atoms with E-state index in [4.69, 9.17) is 16.3 Å². The fourth-order valence-corrected chi connectivity index (χ4v) is 3.57. The van der Waals surface area contributed by atoms with E-state index in [0.29, 0.717) is 30.4 Å². The van der Waals surface area contributed by atoms with Crippen molar-refractivity contribution < 1.29 is 13.2 Å². The Labute approximate surface area is 125 Å². The summed E-state index contributed by atoms with van der Waals surface area (Å²) in [6.07, 6.45) is 2.24. The first kappa shape index (κ1) is 15.6. The second-order valence-electron chi connectivity index (χ2n) is 5.07. The zero-order valence-corrected chi connectivity index (χ0v) is 13.4. The minimum atomic E-state index is -3.44. The Balaban J connectivity index is 2.26. The van der Waals surface area contributed by atoms with Crippen LogP contribution in [0.2, 0.25) is 0 Å². The highest BCUT2D eigenvalue weighted by atomic mass is 35.5. The maximum absolute atomic E-state index is 12.5. The van der Waals surface area contributed by atoms with Crippen molar-refractivity contribution in [3.63, 3.8) is 0 Å². The Hall–Kier alpha value is -0.780. The fraction of sp³-hybridized carbons (Fsp3) is 0.571. The lowest BCUT2D eigenvalue weighted by Crippen LogP contribution is -2.29. The van der Waals surface area contributed by atoms with Gasteiger partial charge in [-0.3, -0.25) is 0 Å². The molecule has 1 fully saturated rings. The van der Waals surface area contributed by atoms with Gasteiger partial charge >= 0.3 is 0 Å². The number of rotatable bonds is 7. The van der Waals surface area contributed by atoms with E-state index in [9.17, 15) is 8.42 Å². The van der Waals surface area contributed by atoms with E-state index in [0.717, 1.165) is 12.8 Å². The second-order valence-corrected chi connectivity index (χ2v) is 7.38. The summed E-state index contributed by atoms with van der Waals surface area (Å²) in [5.74, 6) is 1.39. The number of ether oxygens (including phenoxy) is 1. The van der Waals surface area contributed by atoms with Gasteiger partial charge in [0.05, 0.1) is 17.4 Å². The number of benzene rings is 1. The van der Waals surface area contributed by atoms with Crippen LogP contribution in [-0.4, -0.2) is 32.9 Å². The van der Waals surface area contributed by atoms with Crippen molar-refractivity contribution in [2.45, 2.75) is 30.5 Å². The molecule has 4 nitrogen and oxygen atoms in total. The van der Waals surface area contributed by atoms with Crippen molar-refractivity contribution in [3.05, 3.63) is 23.8 Å². The van der Waals surface area contributed by atoms with Crippen LogP contribution in [0.3, 0.4) is 0 Å². The highest BCUT2D eigenvalue weighted by molar-refractivity contribution is 7.89. The largest absolute Gasteiger partial charge is 0.494 e. The lowest BCUT2D eigenvalue weighted by atomic mass is 10.2. The summed E-state index contributed by atoms with van der Waals surface area (Å²) < 4.78 is 31.8. The maximum atomic E-state index is 12.5. The number of sulfonamides is 1. The summed E-state index contributed by atoms with van der Waals surface area (Å²) in [5.41, 5.74) is 0.703. The average molecular weight is 318 g/mol. The zero-order chi connectivity index (χ0) is 14.8. The highest BCUT2D eigenvalue weighted by Gasteiger charge is 2.29. The Kier molecular flexibility index (Phi) is 4.94. The zero-order valence-electron chi connectivity index (χ0n) is 11.8. The molecular formula is C14H20ClNO3S. The van der Waals surface area contributed by atoms with Crippen LogP contribution in [0.4, 0.5) is 0 Å². The third-order valence-corrected chi connectivity index (χ3v) is 5.50. The minimum absolute atomic E-state index is 0.227. The average Bonchev–Trinajstić information content (AvgIpc) is 3.23. The number of alkyl halides is 1. The number of hydrogen-bond acceptors (Lipinski definition) is 3. The molecule has 1 aliphatic rings. The maximum Gasteiger partial charge on any atom is 0.242 e. The van der Waals surface area contributed by atoms with E-state index in [-0.39, 0.29) is 10.8 Å². The lowest BCUT2D eigenvalue weighted by Gasteiger charge is -2.18. The normalized spacial score (nSPS) is 15.6.